The van der Waals surface area contributed by atoms with Crippen molar-refractivity contribution in [1.29, 1.82) is 0 Å². The third-order valence-corrected chi connectivity index (χ3v) is 3.09. The Morgan fingerprint density at radius 1 is 1.05 bits per heavy atom. The second-order valence-corrected chi connectivity index (χ2v) is 4.99. The first-order valence-corrected chi connectivity index (χ1v) is 7.22. The summed E-state index contributed by atoms with van der Waals surface area (Å²) in [5.74, 6) is 0.700. The second-order valence-electron chi connectivity index (χ2n) is 4.99. The van der Waals surface area contributed by atoms with Crippen LogP contribution < -0.4 is 10.6 Å². The van der Waals surface area contributed by atoms with Gasteiger partial charge in [-0.2, -0.15) is 0 Å². The fourth-order valence-corrected chi connectivity index (χ4v) is 1.93. The summed E-state index contributed by atoms with van der Waals surface area (Å²) in [4.78, 5) is 27.0. The fourth-order valence-electron chi connectivity index (χ4n) is 1.93. The first-order valence-electron chi connectivity index (χ1n) is 7.22. The van der Waals surface area contributed by atoms with Gasteiger partial charge in [0.15, 0.2) is 5.78 Å². The van der Waals surface area contributed by atoms with Gasteiger partial charge in [-0.25, -0.2) is 4.98 Å². The zero-order valence-corrected chi connectivity index (χ0v) is 12.7. The predicted molar refractivity (Wildman–Crippen MR) is 87.5 cm³/mol. The molecule has 22 heavy (non-hydrogen) atoms. The molecule has 0 aliphatic rings. The maximum Gasteiger partial charge on any atom is 0.224 e. The van der Waals surface area contributed by atoms with Crippen LogP contribution in [0.25, 0.3) is 0 Å². The molecule has 0 radical (unpaired) electrons. The van der Waals surface area contributed by atoms with Gasteiger partial charge < -0.3 is 10.6 Å². The van der Waals surface area contributed by atoms with E-state index >= 15 is 0 Å². The van der Waals surface area contributed by atoms with Crippen molar-refractivity contribution < 1.29 is 9.59 Å². The molecule has 1 aromatic carbocycles. The van der Waals surface area contributed by atoms with E-state index in [9.17, 15) is 9.59 Å². The van der Waals surface area contributed by atoms with Gasteiger partial charge in [0.05, 0.1) is 11.9 Å². The third kappa shape index (κ3) is 4.41. The van der Waals surface area contributed by atoms with Gasteiger partial charge in [0.1, 0.15) is 5.82 Å². The Morgan fingerprint density at radius 3 is 2.27 bits per heavy atom. The van der Waals surface area contributed by atoms with Crippen LogP contribution >= 0.6 is 0 Å². The van der Waals surface area contributed by atoms with Crippen LogP contribution in [0.15, 0.2) is 42.6 Å². The normalized spacial score (nSPS) is 10.1. The Kier molecular flexibility index (Phi) is 5.25. The molecule has 0 atom stereocenters. The van der Waals surface area contributed by atoms with Gasteiger partial charge >= 0.3 is 0 Å². The Morgan fingerprint density at radius 2 is 1.73 bits per heavy atom. The van der Waals surface area contributed by atoms with Crippen molar-refractivity contribution in [2.45, 2.75) is 26.7 Å². The number of rotatable bonds is 6. The molecule has 2 aromatic rings. The molecule has 0 spiro atoms. The van der Waals surface area contributed by atoms with E-state index in [1.165, 1.54) is 6.92 Å². The van der Waals surface area contributed by atoms with Crippen molar-refractivity contribution in [1.82, 2.24) is 4.98 Å². The molecule has 0 fully saturated rings. The molecule has 1 amide bonds. The van der Waals surface area contributed by atoms with E-state index in [1.807, 2.05) is 19.1 Å². The monoisotopic (exact) mass is 297 g/mol. The van der Waals surface area contributed by atoms with Crippen LogP contribution in [0.4, 0.5) is 17.2 Å². The van der Waals surface area contributed by atoms with Crippen LogP contribution in [0, 0.1) is 0 Å². The number of pyridine rings is 1. The minimum absolute atomic E-state index is 0.00942. The number of amides is 1. The van der Waals surface area contributed by atoms with Crippen LogP contribution in [0.5, 0.6) is 0 Å². The van der Waals surface area contributed by atoms with Crippen LogP contribution in [0.1, 0.15) is 37.0 Å². The number of carbonyl (C=O) groups is 2. The SMILES string of the molecule is CCCC(=O)Nc1ccc(Nc2ccc(C(C)=O)cc2)nc1. The Labute approximate surface area is 129 Å². The number of hydrogen-bond acceptors (Lipinski definition) is 4. The lowest BCUT2D eigenvalue weighted by Crippen LogP contribution is -2.10. The Hall–Kier alpha value is -2.69. The molecule has 2 rings (SSSR count). The number of benzene rings is 1. The van der Waals surface area contributed by atoms with Gasteiger partial charge in [-0.15, -0.1) is 0 Å². The van der Waals surface area contributed by atoms with Crippen LogP contribution in [-0.2, 0) is 4.79 Å². The maximum atomic E-state index is 11.5. The average Bonchev–Trinajstić information content (AvgIpc) is 2.50. The molecule has 2 N–H and O–H groups in total. The molecule has 0 bridgehead atoms. The Balaban J connectivity index is 1.98. The molecule has 0 aliphatic carbocycles. The van der Waals surface area contributed by atoms with Crippen molar-refractivity contribution in [3.8, 4) is 0 Å². The summed E-state index contributed by atoms with van der Waals surface area (Å²) in [6.07, 6.45) is 2.93. The van der Waals surface area contributed by atoms with Gasteiger partial charge in [0.25, 0.3) is 0 Å². The zero-order chi connectivity index (χ0) is 15.9. The Bertz CT molecular complexity index is 649. The molecule has 1 heterocycles. The lowest BCUT2D eigenvalue weighted by atomic mass is 10.1. The summed E-state index contributed by atoms with van der Waals surface area (Å²) >= 11 is 0. The maximum absolute atomic E-state index is 11.5. The molecule has 0 saturated carbocycles. The number of aromatic nitrogens is 1. The van der Waals surface area contributed by atoms with Gasteiger partial charge in [-0.05, 0) is 49.7 Å². The highest BCUT2D eigenvalue weighted by Crippen LogP contribution is 2.17. The lowest BCUT2D eigenvalue weighted by molar-refractivity contribution is -0.116. The van der Waals surface area contributed by atoms with Gasteiger partial charge in [0.2, 0.25) is 5.91 Å². The molecule has 0 saturated heterocycles. The first kappa shape index (κ1) is 15.7. The first-order chi connectivity index (χ1) is 10.6. The van der Waals surface area contributed by atoms with Crippen molar-refractivity contribution in [2.75, 3.05) is 10.6 Å². The molecule has 0 unspecified atom stereocenters. The molecular weight excluding hydrogens is 278 g/mol. The van der Waals surface area contributed by atoms with Crippen LogP contribution in [0.3, 0.4) is 0 Å². The largest absolute Gasteiger partial charge is 0.340 e. The van der Waals surface area contributed by atoms with E-state index in [0.29, 0.717) is 23.5 Å². The van der Waals surface area contributed by atoms with Crippen molar-refractivity contribution in [2.24, 2.45) is 0 Å². The number of Topliss-reactive ketones (excluding diaryl/α,β-unsaturated/α-hetero) is 1. The van der Waals surface area contributed by atoms with E-state index < -0.39 is 0 Å². The van der Waals surface area contributed by atoms with Gasteiger partial charge in [-0.3, -0.25) is 9.59 Å². The highest BCUT2D eigenvalue weighted by molar-refractivity contribution is 5.94. The standard InChI is InChI=1S/C17H19N3O2/c1-3-4-17(22)20-15-9-10-16(18-11-15)19-14-7-5-13(6-8-14)12(2)21/h5-11H,3-4H2,1-2H3,(H,18,19)(H,20,22). The van der Waals surface area contributed by atoms with Gasteiger partial charge in [0, 0.05) is 17.7 Å². The van der Waals surface area contributed by atoms with E-state index in [-0.39, 0.29) is 11.7 Å². The number of anilines is 3. The summed E-state index contributed by atoms with van der Waals surface area (Å²) in [6, 6.07) is 10.8. The highest BCUT2D eigenvalue weighted by atomic mass is 16.1. The van der Waals surface area contributed by atoms with Crippen LogP contribution in [0.2, 0.25) is 0 Å². The summed E-state index contributed by atoms with van der Waals surface area (Å²) in [5.41, 5.74) is 2.20. The van der Waals surface area contributed by atoms with Crippen LogP contribution in [-0.4, -0.2) is 16.7 Å². The second kappa shape index (κ2) is 7.36. The van der Waals surface area contributed by atoms with Crippen molar-refractivity contribution in [3.63, 3.8) is 0 Å². The quantitative estimate of drug-likeness (QED) is 0.796. The molecule has 114 valence electrons. The fraction of sp³-hybridized carbons (Fsp3) is 0.235. The predicted octanol–water partition coefficient (Wildman–Crippen LogP) is 3.77. The summed E-state index contributed by atoms with van der Waals surface area (Å²) in [7, 11) is 0. The van der Waals surface area contributed by atoms with E-state index in [4.69, 9.17) is 0 Å². The number of carbonyl (C=O) groups excluding carboxylic acids is 2. The van der Waals surface area contributed by atoms with E-state index in [1.54, 1.807) is 30.5 Å². The third-order valence-electron chi connectivity index (χ3n) is 3.09. The van der Waals surface area contributed by atoms with E-state index in [0.717, 1.165) is 12.1 Å². The summed E-state index contributed by atoms with van der Waals surface area (Å²) < 4.78 is 0. The summed E-state index contributed by atoms with van der Waals surface area (Å²) in [5, 5.41) is 5.93. The number of ketones is 1. The minimum atomic E-state index is -0.00942. The number of nitrogens with one attached hydrogen (secondary N) is 2. The lowest BCUT2D eigenvalue weighted by Gasteiger charge is -2.08. The molecule has 0 aliphatic heterocycles. The topological polar surface area (TPSA) is 71.1 Å². The zero-order valence-electron chi connectivity index (χ0n) is 12.7. The highest BCUT2D eigenvalue weighted by Gasteiger charge is 2.03. The van der Waals surface area contributed by atoms with E-state index in [2.05, 4.69) is 15.6 Å². The number of nitrogens with zero attached hydrogens (tertiary/aromatic N) is 1. The van der Waals surface area contributed by atoms with Crippen molar-refractivity contribution >= 4 is 28.9 Å². The molecule has 1 aromatic heterocycles. The smallest absolute Gasteiger partial charge is 0.224 e. The van der Waals surface area contributed by atoms with Crippen molar-refractivity contribution in [3.05, 3.63) is 48.2 Å². The van der Waals surface area contributed by atoms with Gasteiger partial charge in [-0.1, -0.05) is 6.92 Å². The average molecular weight is 297 g/mol. The summed E-state index contributed by atoms with van der Waals surface area (Å²) in [6.45, 7) is 3.50. The molecule has 5 heteroatoms. The molecular formula is C17H19N3O2. The minimum Gasteiger partial charge on any atom is -0.340 e. The number of hydrogen-bond donors (Lipinski definition) is 2. The molecule has 5 nitrogen and oxygen atoms in total.